The molecule has 0 aliphatic carbocycles. The van der Waals surface area contributed by atoms with E-state index in [0.717, 1.165) is 6.92 Å². The number of carboxylic acid groups (broad SMARTS) is 1. The Morgan fingerprint density at radius 3 is 1.73 bits per heavy atom. The number of piperidine rings is 1. The minimum absolute atomic E-state index is 0. The van der Waals surface area contributed by atoms with Crippen LogP contribution in [0.2, 0.25) is 0 Å². The number of carbonyl (C=O) groups excluding carboxylic acids is 1. The molecule has 1 saturated heterocycles. The van der Waals surface area contributed by atoms with Gasteiger partial charge < -0.3 is 20.7 Å². The van der Waals surface area contributed by atoms with Gasteiger partial charge in [-0.2, -0.15) is 0 Å². The van der Waals surface area contributed by atoms with Gasteiger partial charge in [0.05, 0.1) is 13.1 Å². The molecular formula is C7H17NO3. The molecule has 0 amide bonds. The molecule has 0 bridgehead atoms. The Morgan fingerprint density at radius 1 is 1.27 bits per heavy atom. The highest BCUT2D eigenvalue weighted by Gasteiger charge is 1.97. The maximum absolute atomic E-state index is 8.89. The van der Waals surface area contributed by atoms with Crippen molar-refractivity contribution in [2.24, 2.45) is 0 Å². The van der Waals surface area contributed by atoms with E-state index in [9.17, 15) is 0 Å². The van der Waals surface area contributed by atoms with Crippen molar-refractivity contribution in [3.8, 4) is 0 Å². The zero-order chi connectivity index (χ0) is 7.82. The summed E-state index contributed by atoms with van der Waals surface area (Å²) in [6, 6.07) is 0. The third kappa shape index (κ3) is 17.7. The minimum Gasteiger partial charge on any atom is -0.550 e. The molecule has 1 rings (SSSR count). The highest BCUT2D eigenvalue weighted by atomic mass is 16.4. The SMILES string of the molecule is C1CC[NH2+]CC1.CC(=O)[O-].O. The molecule has 4 nitrogen and oxygen atoms in total. The Labute approximate surface area is 66.9 Å². The van der Waals surface area contributed by atoms with Crippen LogP contribution in [0.25, 0.3) is 0 Å². The van der Waals surface area contributed by atoms with Crippen molar-refractivity contribution in [1.82, 2.24) is 0 Å². The molecule has 4 heteroatoms. The number of carboxylic acids is 1. The molecule has 0 spiro atoms. The van der Waals surface area contributed by atoms with Gasteiger partial charge in [-0.15, -0.1) is 0 Å². The quantitative estimate of drug-likeness (QED) is 0.434. The highest BCUT2D eigenvalue weighted by molar-refractivity contribution is 5.60. The first-order chi connectivity index (χ1) is 4.73. The molecular weight excluding hydrogens is 146 g/mol. The van der Waals surface area contributed by atoms with E-state index in [1.165, 1.54) is 32.4 Å². The van der Waals surface area contributed by atoms with E-state index >= 15 is 0 Å². The van der Waals surface area contributed by atoms with Crippen molar-refractivity contribution < 1.29 is 20.7 Å². The van der Waals surface area contributed by atoms with Gasteiger partial charge in [-0.05, 0) is 26.2 Å². The third-order valence-corrected chi connectivity index (χ3v) is 1.32. The number of hydrogen-bond donors (Lipinski definition) is 1. The van der Waals surface area contributed by atoms with Crippen LogP contribution in [0, 0.1) is 0 Å². The Bertz CT molecular complexity index is 76.2. The third-order valence-electron chi connectivity index (χ3n) is 1.32. The standard InChI is InChI=1S/C5H11N.C2H4O2.H2O/c1-2-4-6-5-3-1;1-2(3)4;/h6H,1-5H2;1H3,(H,3,4);1H2. The largest absolute Gasteiger partial charge is 0.550 e. The van der Waals surface area contributed by atoms with Gasteiger partial charge in [-0.25, -0.2) is 0 Å². The molecule has 0 aromatic heterocycles. The lowest BCUT2D eigenvalue weighted by atomic mass is 10.2. The Balaban J connectivity index is 0. The number of aliphatic carboxylic acids is 1. The molecule has 1 aliphatic heterocycles. The monoisotopic (exact) mass is 163 g/mol. The van der Waals surface area contributed by atoms with E-state index in [2.05, 4.69) is 5.32 Å². The van der Waals surface area contributed by atoms with Crippen LogP contribution in [0.1, 0.15) is 26.2 Å². The van der Waals surface area contributed by atoms with Gasteiger partial charge in [0.2, 0.25) is 0 Å². The molecule has 0 radical (unpaired) electrons. The van der Waals surface area contributed by atoms with Crippen molar-refractivity contribution in [2.75, 3.05) is 13.1 Å². The van der Waals surface area contributed by atoms with E-state index in [0.29, 0.717) is 0 Å². The van der Waals surface area contributed by atoms with Crippen molar-refractivity contribution in [3.63, 3.8) is 0 Å². The zero-order valence-electron chi connectivity index (χ0n) is 6.93. The second-order valence-corrected chi connectivity index (χ2v) is 2.42. The van der Waals surface area contributed by atoms with Crippen molar-refractivity contribution >= 4 is 5.97 Å². The fraction of sp³-hybridized carbons (Fsp3) is 0.857. The van der Waals surface area contributed by atoms with E-state index < -0.39 is 5.97 Å². The van der Waals surface area contributed by atoms with Crippen molar-refractivity contribution in [3.05, 3.63) is 0 Å². The molecule has 0 aromatic rings. The van der Waals surface area contributed by atoms with Crippen molar-refractivity contribution in [1.29, 1.82) is 0 Å². The van der Waals surface area contributed by atoms with Gasteiger partial charge >= 0.3 is 0 Å². The first kappa shape index (κ1) is 13.0. The van der Waals surface area contributed by atoms with Gasteiger partial charge in [0, 0.05) is 5.97 Å². The summed E-state index contributed by atoms with van der Waals surface area (Å²) in [5, 5.41) is 11.3. The summed E-state index contributed by atoms with van der Waals surface area (Å²) in [4.78, 5) is 8.89. The Hall–Kier alpha value is -0.610. The summed E-state index contributed by atoms with van der Waals surface area (Å²) < 4.78 is 0. The highest BCUT2D eigenvalue weighted by Crippen LogP contribution is 1.91. The predicted molar refractivity (Wildman–Crippen MR) is 39.8 cm³/mol. The van der Waals surface area contributed by atoms with Crippen LogP contribution < -0.4 is 10.4 Å². The van der Waals surface area contributed by atoms with Crippen LogP contribution in [-0.4, -0.2) is 24.5 Å². The van der Waals surface area contributed by atoms with E-state index in [1.807, 2.05) is 0 Å². The second-order valence-electron chi connectivity index (χ2n) is 2.42. The summed E-state index contributed by atoms with van der Waals surface area (Å²) >= 11 is 0. The van der Waals surface area contributed by atoms with E-state index in [-0.39, 0.29) is 5.48 Å². The lowest BCUT2D eigenvalue weighted by molar-refractivity contribution is -0.662. The second kappa shape index (κ2) is 9.39. The van der Waals surface area contributed by atoms with Gasteiger partial charge in [-0.1, -0.05) is 0 Å². The van der Waals surface area contributed by atoms with Gasteiger partial charge in [0.25, 0.3) is 0 Å². The topological polar surface area (TPSA) is 88.2 Å². The van der Waals surface area contributed by atoms with Crippen LogP contribution in [0.15, 0.2) is 0 Å². The lowest BCUT2D eigenvalue weighted by Crippen LogP contribution is -2.85. The predicted octanol–water partition coefficient (Wildman–Crippen LogP) is -2.33. The molecule has 1 fully saturated rings. The van der Waals surface area contributed by atoms with Crippen LogP contribution in [0.5, 0.6) is 0 Å². The summed E-state index contributed by atoms with van der Waals surface area (Å²) in [5.41, 5.74) is 0. The van der Waals surface area contributed by atoms with Crippen LogP contribution in [0.3, 0.4) is 0 Å². The van der Waals surface area contributed by atoms with Gasteiger partial charge in [0.1, 0.15) is 0 Å². The molecule has 0 unspecified atom stereocenters. The van der Waals surface area contributed by atoms with Gasteiger partial charge in [0.15, 0.2) is 0 Å². The average molecular weight is 163 g/mol. The molecule has 0 atom stereocenters. The zero-order valence-corrected chi connectivity index (χ0v) is 6.93. The maximum atomic E-state index is 8.89. The normalized spacial score (nSPS) is 15.4. The summed E-state index contributed by atoms with van der Waals surface area (Å²) in [6.45, 7) is 3.72. The molecule has 1 heterocycles. The van der Waals surface area contributed by atoms with Gasteiger partial charge in [-0.3, -0.25) is 0 Å². The average Bonchev–Trinajstić information content (AvgIpc) is 1.90. The Kier molecular flexibility index (Phi) is 11.1. The maximum Gasteiger partial charge on any atom is 0.0755 e. The van der Waals surface area contributed by atoms with E-state index in [4.69, 9.17) is 9.90 Å². The number of nitrogens with two attached hydrogens (primary N) is 1. The number of hydrogen-bond acceptors (Lipinski definition) is 2. The number of carbonyl (C=O) groups is 1. The summed E-state index contributed by atoms with van der Waals surface area (Å²) in [7, 11) is 0. The van der Waals surface area contributed by atoms with E-state index in [1.54, 1.807) is 0 Å². The smallest absolute Gasteiger partial charge is 0.0755 e. The van der Waals surface area contributed by atoms with Crippen LogP contribution in [0.4, 0.5) is 0 Å². The first-order valence-electron chi connectivity index (χ1n) is 3.72. The minimum atomic E-state index is -1.08. The molecule has 4 N–H and O–H groups in total. The molecule has 68 valence electrons. The van der Waals surface area contributed by atoms with Crippen LogP contribution in [-0.2, 0) is 4.79 Å². The fourth-order valence-corrected chi connectivity index (χ4v) is 0.898. The number of quaternary nitrogens is 1. The van der Waals surface area contributed by atoms with Crippen molar-refractivity contribution in [2.45, 2.75) is 26.2 Å². The summed E-state index contributed by atoms with van der Waals surface area (Å²) in [6.07, 6.45) is 4.36. The fourth-order valence-electron chi connectivity index (χ4n) is 0.898. The molecule has 1 aliphatic rings. The van der Waals surface area contributed by atoms with Crippen LogP contribution >= 0.6 is 0 Å². The summed E-state index contributed by atoms with van der Waals surface area (Å²) in [5.74, 6) is -1.08. The molecule has 11 heavy (non-hydrogen) atoms. The first-order valence-corrected chi connectivity index (χ1v) is 3.72. The Morgan fingerprint density at radius 2 is 1.64 bits per heavy atom. The lowest BCUT2D eigenvalue weighted by Gasteiger charge is -2.05. The number of rotatable bonds is 0. The molecule has 0 aromatic carbocycles. The molecule has 0 saturated carbocycles.